The lowest BCUT2D eigenvalue weighted by Crippen LogP contribution is -2.03. The number of ether oxygens (including phenoxy) is 1. The van der Waals surface area contributed by atoms with Crippen LogP contribution in [0.3, 0.4) is 0 Å². The van der Waals surface area contributed by atoms with Gasteiger partial charge in [0.2, 0.25) is 5.88 Å². The molecule has 0 unspecified atom stereocenters. The maximum Gasteiger partial charge on any atom is 0.212 e. The summed E-state index contributed by atoms with van der Waals surface area (Å²) in [6.07, 6.45) is 1.48. The summed E-state index contributed by atoms with van der Waals surface area (Å²) in [6.45, 7) is 0. The van der Waals surface area contributed by atoms with Gasteiger partial charge in [-0.05, 0) is 17.5 Å². The minimum absolute atomic E-state index is 0.117. The van der Waals surface area contributed by atoms with Gasteiger partial charge in [-0.3, -0.25) is 4.79 Å². The molecular formula is C11H10N2O2S. The van der Waals surface area contributed by atoms with Crippen molar-refractivity contribution in [3.05, 3.63) is 40.9 Å². The Morgan fingerprint density at radius 2 is 2.25 bits per heavy atom. The molecule has 0 aliphatic carbocycles. The lowest BCUT2D eigenvalue weighted by molar-refractivity contribution is 0.103. The fourth-order valence-corrected chi connectivity index (χ4v) is 1.94. The van der Waals surface area contributed by atoms with Gasteiger partial charge in [0.1, 0.15) is 0 Å². The van der Waals surface area contributed by atoms with Gasteiger partial charge in [0.25, 0.3) is 0 Å². The highest BCUT2D eigenvalue weighted by Crippen LogP contribution is 2.22. The molecule has 4 nitrogen and oxygen atoms in total. The second-order valence-electron chi connectivity index (χ2n) is 3.12. The number of rotatable bonds is 3. The van der Waals surface area contributed by atoms with Gasteiger partial charge < -0.3 is 10.5 Å². The molecule has 0 saturated heterocycles. The molecule has 0 aliphatic rings. The zero-order chi connectivity index (χ0) is 11.5. The van der Waals surface area contributed by atoms with Crippen molar-refractivity contribution in [2.45, 2.75) is 0 Å². The molecule has 2 aromatic rings. The van der Waals surface area contributed by atoms with Gasteiger partial charge in [0.05, 0.1) is 17.7 Å². The molecule has 0 radical (unpaired) electrons. The highest BCUT2D eigenvalue weighted by atomic mass is 32.1. The number of hydrogen-bond acceptors (Lipinski definition) is 5. The summed E-state index contributed by atoms with van der Waals surface area (Å²) in [6, 6.07) is 5.04. The van der Waals surface area contributed by atoms with Crippen LogP contribution in [0.4, 0.5) is 5.00 Å². The zero-order valence-corrected chi connectivity index (χ0v) is 9.45. The molecule has 16 heavy (non-hydrogen) atoms. The van der Waals surface area contributed by atoms with Gasteiger partial charge in [-0.2, -0.15) is 0 Å². The minimum Gasteiger partial charge on any atom is -0.481 e. The first-order valence-electron chi connectivity index (χ1n) is 4.60. The average Bonchev–Trinajstić information content (AvgIpc) is 2.75. The summed E-state index contributed by atoms with van der Waals surface area (Å²) in [7, 11) is 1.53. The highest BCUT2D eigenvalue weighted by molar-refractivity contribution is 7.14. The third-order valence-electron chi connectivity index (χ3n) is 2.15. The van der Waals surface area contributed by atoms with E-state index >= 15 is 0 Å². The summed E-state index contributed by atoms with van der Waals surface area (Å²) >= 11 is 1.35. The van der Waals surface area contributed by atoms with Crippen molar-refractivity contribution in [3.8, 4) is 5.88 Å². The Labute approximate surface area is 96.7 Å². The van der Waals surface area contributed by atoms with E-state index in [1.54, 1.807) is 23.6 Å². The van der Waals surface area contributed by atoms with E-state index < -0.39 is 0 Å². The van der Waals surface area contributed by atoms with Crippen LogP contribution in [-0.2, 0) is 0 Å². The van der Waals surface area contributed by atoms with Crippen LogP contribution in [0.15, 0.2) is 29.8 Å². The smallest absolute Gasteiger partial charge is 0.212 e. The first-order chi connectivity index (χ1) is 7.72. The molecule has 0 fully saturated rings. The maximum atomic E-state index is 12.0. The summed E-state index contributed by atoms with van der Waals surface area (Å²) in [4.78, 5) is 16.0. The van der Waals surface area contributed by atoms with Crippen molar-refractivity contribution in [1.29, 1.82) is 0 Å². The molecular weight excluding hydrogens is 224 g/mol. The van der Waals surface area contributed by atoms with E-state index in [1.165, 1.54) is 24.6 Å². The second-order valence-corrected chi connectivity index (χ2v) is 4.06. The van der Waals surface area contributed by atoms with Gasteiger partial charge in [-0.1, -0.05) is 0 Å². The molecule has 0 amide bonds. The van der Waals surface area contributed by atoms with E-state index in [-0.39, 0.29) is 5.78 Å². The first-order valence-corrected chi connectivity index (χ1v) is 5.48. The molecule has 5 heteroatoms. The number of aromatic nitrogens is 1. The number of nitrogens with two attached hydrogens (primary N) is 1. The fourth-order valence-electron chi connectivity index (χ4n) is 1.30. The molecule has 0 aromatic carbocycles. The third kappa shape index (κ3) is 1.90. The van der Waals surface area contributed by atoms with Gasteiger partial charge in [-0.15, -0.1) is 11.3 Å². The summed E-state index contributed by atoms with van der Waals surface area (Å²) in [5.74, 6) is 0.365. The predicted molar refractivity (Wildman–Crippen MR) is 63.0 cm³/mol. The highest BCUT2D eigenvalue weighted by Gasteiger charge is 2.13. The quantitative estimate of drug-likeness (QED) is 0.824. The van der Waals surface area contributed by atoms with Crippen LogP contribution in [0.25, 0.3) is 0 Å². The van der Waals surface area contributed by atoms with E-state index in [4.69, 9.17) is 10.5 Å². The fraction of sp³-hybridized carbons (Fsp3) is 0.0909. The molecule has 0 saturated carbocycles. The van der Waals surface area contributed by atoms with Crippen LogP contribution in [0.2, 0.25) is 0 Å². The van der Waals surface area contributed by atoms with Crippen molar-refractivity contribution >= 4 is 22.1 Å². The number of carbonyl (C=O) groups excluding carboxylic acids is 1. The van der Waals surface area contributed by atoms with Gasteiger partial charge in [-0.25, -0.2) is 4.98 Å². The minimum atomic E-state index is -0.117. The molecule has 0 bridgehead atoms. The molecule has 2 rings (SSSR count). The number of methoxy groups -OCH3 is 1. The number of pyridine rings is 1. The van der Waals surface area contributed by atoms with Crippen LogP contribution in [0.5, 0.6) is 5.88 Å². The Kier molecular flexibility index (Phi) is 2.87. The number of carbonyl (C=O) groups is 1. The second kappa shape index (κ2) is 4.32. The largest absolute Gasteiger partial charge is 0.481 e. The van der Waals surface area contributed by atoms with Crippen molar-refractivity contribution in [2.24, 2.45) is 0 Å². The van der Waals surface area contributed by atoms with E-state index in [0.29, 0.717) is 22.0 Å². The number of nitrogens with zero attached hydrogens (tertiary/aromatic N) is 1. The first kappa shape index (κ1) is 10.6. The zero-order valence-electron chi connectivity index (χ0n) is 8.64. The number of nitrogen functional groups attached to an aromatic ring is 1. The summed E-state index contributed by atoms with van der Waals surface area (Å²) < 4.78 is 4.92. The van der Waals surface area contributed by atoms with Gasteiger partial charge in [0, 0.05) is 17.8 Å². The number of thiophene rings is 1. The molecule has 0 aliphatic heterocycles. The Morgan fingerprint density at radius 3 is 2.75 bits per heavy atom. The maximum absolute atomic E-state index is 12.0. The van der Waals surface area contributed by atoms with Crippen LogP contribution in [-0.4, -0.2) is 17.9 Å². The standard InChI is InChI=1S/C11H10N2O2S/c1-15-9-3-2-7(6-13-9)10(14)8-4-5-16-11(8)12/h2-6H,12H2,1H3. The van der Waals surface area contributed by atoms with Crippen LogP contribution < -0.4 is 10.5 Å². The van der Waals surface area contributed by atoms with Crippen molar-refractivity contribution in [1.82, 2.24) is 4.98 Å². The SMILES string of the molecule is COc1ccc(C(=O)c2ccsc2N)cn1. The third-order valence-corrected chi connectivity index (χ3v) is 2.89. The monoisotopic (exact) mass is 234 g/mol. The summed E-state index contributed by atoms with van der Waals surface area (Å²) in [5.41, 5.74) is 6.72. The molecule has 82 valence electrons. The topological polar surface area (TPSA) is 65.2 Å². The van der Waals surface area contributed by atoms with Crippen molar-refractivity contribution in [3.63, 3.8) is 0 Å². The molecule has 0 atom stereocenters. The van der Waals surface area contributed by atoms with E-state index in [0.717, 1.165) is 0 Å². The van der Waals surface area contributed by atoms with Crippen LogP contribution in [0, 0.1) is 0 Å². The lowest BCUT2D eigenvalue weighted by Gasteiger charge is -2.01. The Hall–Kier alpha value is -1.88. The van der Waals surface area contributed by atoms with E-state index in [9.17, 15) is 4.79 Å². The molecule has 2 aromatic heterocycles. The Bertz CT molecular complexity index is 505. The normalized spacial score (nSPS) is 10.1. The van der Waals surface area contributed by atoms with E-state index in [1.807, 2.05) is 0 Å². The average molecular weight is 234 g/mol. The van der Waals surface area contributed by atoms with Gasteiger partial charge >= 0.3 is 0 Å². The van der Waals surface area contributed by atoms with Crippen molar-refractivity contribution < 1.29 is 9.53 Å². The van der Waals surface area contributed by atoms with Crippen molar-refractivity contribution in [2.75, 3.05) is 12.8 Å². The molecule has 2 heterocycles. The Morgan fingerprint density at radius 1 is 1.44 bits per heavy atom. The molecule has 0 spiro atoms. The number of anilines is 1. The van der Waals surface area contributed by atoms with Crippen LogP contribution >= 0.6 is 11.3 Å². The summed E-state index contributed by atoms with van der Waals surface area (Å²) in [5, 5.41) is 2.32. The lowest BCUT2D eigenvalue weighted by atomic mass is 10.1. The number of ketones is 1. The predicted octanol–water partition coefficient (Wildman–Crippen LogP) is 1.96. The van der Waals surface area contributed by atoms with Crippen LogP contribution in [0.1, 0.15) is 15.9 Å². The van der Waals surface area contributed by atoms with Gasteiger partial charge in [0.15, 0.2) is 5.78 Å². The molecule has 2 N–H and O–H groups in total. The van der Waals surface area contributed by atoms with E-state index in [2.05, 4.69) is 4.98 Å². The Balaban J connectivity index is 2.31. The number of hydrogen-bond donors (Lipinski definition) is 1.